The molecule has 0 saturated carbocycles. The Morgan fingerprint density at radius 3 is 2.47 bits per heavy atom. The highest BCUT2D eigenvalue weighted by Gasteiger charge is 2.12. The molecule has 0 aliphatic carbocycles. The van der Waals surface area contributed by atoms with Crippen LogP contribution in [0.4, 0.5) is 0 Å². The van der Waals surface area contributed by atoms with E-state index < -0.39 is 0 Å². The molecule has 4 heteroatoms. The van der Waals surface area contributed by atoms with Gasteiger partial charge < -0.3 is 9.73 Å². The van der Waals surface area contributed by atoms with Crippen LogP contribution in [0.2, 0.25) is 0 Å². The average Bonchev–Trinajstić information content (AvgIpc) is 2.94. The Morgan fingerprint density at radius 1 is 1.11 bits per heavy atom. The molecule has 1 aromatic carbocycles. The van der Waals surface area contributed by atoms with Crippen molar-refractivity contribution in [3.05, 3.63) is 59.5 Å². The number of hydrogen-bond donors (Lipinski definition) is 1. The molecule has 1 heterocycles. The van der Waals surface area contributed by atoms with Crippen molar-refractivity contribution in [2.45, 2.75) is 13.3 Å². The maximum atomic E-state index is 11.8. The molecular formula is C15H15NO3. The Kier molecular flexibility index (Phi) is 4.13. The highest BCUT2D eigenvalue weighted by Crippen LogP contribution is 2.08. The molecule has 2 aromatic rings. The fourth-order valence-corrected chi connectivity index (χ4v) is 1.66. The van der Waals surface area contributed by atoms with E-state index in [0.717, 1.165) is 12.2 Å². The molecule has 1 amide bonds. The number of carbonyl (C=O) groups excluding carboxylic acids is 2. The summed E-state index contributed by atoms with van der Waals surface area (Å²) in [6.45, 7) is 1.91. The molecule has 0 fully saturated rings. The third-order valence-electron chi connectivity index (χ3n) is 2.74. The maximum absolute atomic E-state index is 11.8. The van der Waals surface area contributed by atoms with Gasteiger partial charge in [-0.25, -0.2) is 0 Å². The molecule has 2 rings (SSSR count). The normalized spacial score (nSPS) is 10.2. The van der Waals surface area contributed by atoms with Gasteiger partial charge in [0.15, 0.2) is 11.5 Å². The molecule has 1 aromatic heterocycles. The van der Waals surface area contributed by atoms with Gasteiger partial charge in [0, 0.05) is 12.0 Å². The smallest absolute Gasteiger partial charge is 0.287 e. The summed E-state index contributed by atoms with van der Waals surface area (Å²) in [7, 11) is 0. The molecule has 0 saturated heterocycles. The average molecular weight is 257 g/mol. The van der Waals surface area contributed by atoms with Crippen LogP contribution in [0.3, 0.4) is 0 Å². The van der Waals surface area contributed by atoms with E-state index in [1.807, 2.05) is 13.0 Å². The number of benzene rings is 1. The number of rotatable bonds is 5. The minimum atomic E-state index is -0.371. The summed E-state index contributed by atoms with van der Waals surface area (Å²) < 4.78 is 5.31. The Bertz CT molecular complexity index is 572. The largest absolute Gasteiger partial charge is 0.456 e. The van der Waals surface area contributed by atoms with Crippen molar-refractivity contribution >= 4 is 11.7 Å². The lowest BCUT2D eigenvalue weighted by atomic mass is 10.1. The van der Waals surface area contributed by atoms with Crippen LogP contribution in [0, 0.1) is 0 Å². The summed E-state index contributed by atoms with van der Waals surface area (Å²) in [4.78, 5) is 23.5. The minimum absolute atomic E-state index is 0.0367. The van der Waals surface area contributed by atoms with Crippen LogP contribution in [-0.2, 0) is 6.42 Å². The molecular weight excluding hydrogens is 242 g/mol. The minimum Gasteiger partial charge on any atom is -0.456 e. The number of amides is 1. The number of ketones is 1. The third-order valence-corrected chi connectivity index (χ3v) is 2.74. The van der Waals surface area contributed by atoms with Gasteiger partial charge in [0.2, 0.25) is 0 Å². The summed E-state index contributed by atoms with van der Waals surface area (Å²) in [5.41, 5.74) is 0.580. The molecule has 0 aliphatic heterocycles. The lowest BCUT2D eigenvalue weighted by molar-refractivity contribution is 0.0884. The van der Waals surface area contributed by atoms with Gasteiger partial charge in [-0.3, -0.25) is 9.59 Å². The lowest BCUT2D eigenvalue weighted by Gasteiger charge is -2.02. The number of furan rings is 1. The fourth-order valence-electron chi connectivity index (χ4n) is 1.66. The van der Waals surface area contributed by atoms with Gasteiger partial charge in [0.25, 0.3) is 5.91 Å². The van der Waals surface area contributed by atoms with E-state index >= 15 is 0 Å². The standard InChI is InChI=1S/C15H15NO3/c1-2-12-8-9-14(19-12)15(18)16-10-13(17)11-6-4-3-5-7-11/h3-9H,2,10H2,1H3,(H,16,18). The van der Waals surface area contributed by atoms with Crippen LogP contribution >= 0.6 is 0 Å². The van der Waals surface area contributed by atoms with Gasteiger partial charge in [0.05, 0.1) is 6.54 Å². The number of carbonyl (C=O) groups is 2. The zero-order valence-electron chi connectivity index (χ0n) is 10.7. The van der Waals surface area contributed by atoms with Crippen LogP contribution < -0.4 is 5.32 Å². The van der Waals surface area contributed by atoms with Gasteiger partial charge in [-0.2, -0.15) is 0 Å². The van der Waals surface area contributed by atoms with E-state index in [1.165, 1.54) is 0 Å². The highest BCUT2D eigenvalue weighted by molar-refractivity contribution is 6.01. The van der Waals surface area contributed by atoms with E-state index in [-0.39, 0.29) is 24.0 Å². The molecule has 0 aliphatic rings. The Labute approximate surface area is 111 Å². The van der Waals surface area contributed by atoms with E-state index in [4.69, 9.17) is 4.42 Å². The Morgan fingerprint density at radius 2 is 1.84 bits per heavy atom. The Balaban J connectivity index is 1.92. The van der Waals surface area contributed by atoms with Crippen molar-refractivity contribution in [1.29, 1.82) is 0 Å². The first kappa shape index (κ1) is 13.1. The van der Waals surface area contributed by atoms with Gasteiger partial charge in [0.1, 0.15) is 5.76 Å². The van der Waals surface area contributed by atoms with Crippen molar-refractivity contribution in [2.75, 3.05) is 6.54 Å². The summed E-state index contributed by atoms with van der Waals surface area (Å²) in [5, 5.41) is 2.55. The van der Waals surface area contributed by atoms with Gasteiger partial charge in [-0.05, 0) is 12.1 Å². The first-order chi connectivity index (χ1) is 9.20. The molecule has 0 spiro atoms. The van der Waals surface area contributed by atoms with Crippen LogP contribution in [0.1, 0.15) is 33.6 Å². The zero-order valence-corrected chi connectivity index (χ0v) is 10.7. The van der Waals surface area contributed by atoms with Crippen molar-refractivity contribution in [3.8, 4) is 0 Å². The van der Waals surface area contributed by atoms with Crippen molar-refractivity contribution in [3.63, 3.8) is 0 Å². The Hall–Kier alpha value is -2.36. The monoisotopic (exact) mass is 257 g/mol. The van der Waals surface area contributed by atoms with Crippen molar-refractivity contribution < 1.29 is 14.0 Å². The molecule has 98 valence electrons. The summed E-state index contributed by atoms with van der Waals surface area (Å²) in [6.07, 6.45) is 0.732. The summed E-state index contributed by atoms with van der Waals surface area (Å²) >= 11 is 0. The molecule has 1 N–H and O–H groups in total. The zero-order chi connectivity index (χ0) is 13.7. The van der Waals surface area contributed by atoms with E-state index in [1.54, 1.807) is 36.4 Å². The predicted octanol–water partition coefficient (Wildman–Crippen LogP) is 2.45. The van der Waals surface area contributed by atoms with Crippen LogP contribution in [0.5, 0.6) is 0 Å². The van der Waals surface area contributed by atoms with E-state index in [2.05, 4.69) is 5.32 Å². The van der Waals surface area contributed by atoms with E-state index in [0.29, 0.717) is 5.56 Å². The highest BCUT2D eigenvalue weighted by atomic mass is 16.3. The van der Waals surface area contributed by atoms with Crippen LogP contribution in [0.15, 0.2) is 46.9 Å². The number of Topliss-reactive ketones (excluding diaryl/α,β-unsaturated/α-hetero) is 1. The van der Waals surface area contributed by atoms with Gasteiger partial charge in [-0.15, -0.1) is 0 Å². The van der Waals surface area contributed by atoms with E-state index in [9.17, 15) is 9.59 Å². The fraction of sp³-hybridized carbons (Fsp3) is 0.200. The molecule has 0 bridgehead atoms. The topological polar surface area (TPSA) is 59.3 Å². The molecule has 0 radical (unpaired) electrons. The second kappa shape index (κ2) is 6.00. The van der Waals surface area contributed by atoms with Crippen LogP contribution in [-0.4, -0.2) is 18.2 Å². The molecule has 4 nitrogen and oxygen atoms in total. The summed E-state index contributed by atoms with van der Waals surface area (Å²) in [6, 6.07) is 12.2. The summed E-state index contributed by atoms with van der Waals surface area (Å²) in [5.74, 6) is 0.484. The van der Waals surface area contributed by atoms with Crippen molar-refractivity contribution in [2.24, 2.45) is 0 Å². The van der Waals surface area contributed by atoms with Crippen LogP contribution in [0.25, 0.3) is 0 Å². The first-order valence-corrected chi connectivity index (χ1v) is 6.16. The van der Waals surface area contributed by atoms with Gasteiger partial charge >= 0.3 is 0 Å². The lowest BCUT2D eigenvalue weighted by Crippen LogP contribution is -2.29. The third kappa shape index (κ3) is 3.31. The van der Waals surface area contributed by atoms with Gasteiger partial charge in [-0.1, -0.05) is 37.3 Å². The molecule has 0 atom stereocenters. The quantitative estimate of drug-likeness (QED) is 0.837. The first-order valence-electron chi connectivity index (χ1n) is 6.16. The number of nitrogens with one attached hydrogen (secondary N) is 1. The van der Waals surface area contributed by atoms with Crippen molar-refractivity contribution in [1.82, 2.24) is 5.32 Å². The number of hydrogen-bond acceptors (Lipinski definition) is 3. The second-order valence-electron chi connectivity index (χ2n) is 4.09. The predicted molar refractivity (Wildman–Crippen MR) is 71.2 cm³/mol. The molecule has 0 unspecified atom stereocenters. The maximum Gasteiger partial charge on any atom is 0.287 e. The molecule has 19 heavy (non-hydrogen) atoms. The SMILES string of the molecule is CCc1ccc(C(=O)NCC(=O)c2ccccc2)o1. The second-order valence-corrected chi connectivity index (χ2v) is 4.09. The number of aryl methyl sites for hydroxylation is 1.